The van der Waals surface area contributed by atoms with E-state index in [0.29, 0.717) is 5.69 Å². The predicted molar refractivity (Wildman–Crippen MR) is 76.5 cm³/mol. The van der Waals surface area contributed by atoms with E-state index in [-0.39, 0.29) is 6.10 Å². The number of nitriles is 1. The van der Waals surface area contributed by atoms with Crippen LogP contribution in [0.1, 0.15) is 19.5 Å². The SMILES string of the molecule is CC(C)Oc1ccc2nc(C#N)cc(N(C)C)c2c1. The fourth-order valence-electron chi connectivity index (χ4n) is 1.96. The lowest BCUT2D eigenvalue weighted by atomic mass is 10.1. The quantitative estimate of drug-likeness (QED) is 0.846. The van der Waals surface area contributed by atoms with Crippen LogP contribution >= 0.6 is 0 Å². The van der Waals surface area contributed by atoms with Crippen LogP contribution in [0.25, 0.3) is 10.9 Å². The van der Waals surface area contributed by atoms with Crippen molar-refractivity contribution in [1.82, 2.24) is 4.98 Å². The topological polar surface area (TPSA) is 49.1 Å². The number of hydrogen-bond acceptors (Lipinski definition) is 4. The summed E-state index contributed by atoms with van der Waals surface area (Å²) in [6, 6.07) is 9.63. The summed E-state index contributed by atoms with van der Waals surface area (Å²) in [5.74, 6) is 0.817. The Morgan fingerprint density at radius 3 is 2.58 bits per heavy atom. The summed E-state index contributed by atoms with van der Waals surface area (Å²) >= 11 is 0. The highest BCUT2D eigenvalue weighted by molar-refractivity contribution is 5.93. The maximum absolute atomic E-state index is 9.02. The minimum atomic E-state index is 0.131. The zero-order valence-electron chi connectivity index (χ0n) is 11.6. The number of hydrogen-bond donors (Lipinski definition) is 0. The Hall–Kier alpha value is -2.28. The largest absolute Gasteiger partial charge is 0.491 e. The van der Waals surface area contributed by atoms with Gasteiger partial charge in [-0.05, 0) is 38.1 Å². The van der Waals surface area contributed by atoms with Gasteiger partial charge in [0, 0.05) is 25.2 Å². The van der Waals surface area contributed by atoms with Crippen LogP contribution in [0.2, 0.25) is 0 Å². The highest BCUT2D eigenvalue weighted by Gasteiger charge is 2.09. The number of anilines is 1. The van der Waals surface area contributed by atoms with Gasteiger partial charge in [-0.1, -0.05) is 0 Å². The lowest BCUT2D eigenvalue weighted by molar-refractivity contribution is 0.243. The van der Waals surface area contributed by atoms with Gasteiger partial charge in [0.2, 0.25) is 0 Å². The average molecular weight is 255 g/mol. The molecule has 0 radical (unpaired) electrons. The molecular formula is C15H17N3O. The maximum atomic E-state index is 9.02. The zero-order chi connectivity index (χ0) is 14.0. The van der Waals surface area contributed by atoms with Crippen LogP contribution in [-0.4, -0.2) is 25.2 Å². The Balaban J connectivity index is 2.63. The molecule has 0 saturated heterocycles. The Kier molecular flexibility index (Phi) is 3.57. The van der Waals surface area contributed by atoms with Crippen LogP contribution in [0.15, 0.2) is 24.3 Å². The molecule has 0 N–H and O–H groups in total. The maximum Gasteiger partial charge on any atom is 0.143 e. The summed E-state index contributed by atoms with van der Waals surface area (Å²) in [5, 5.41) is 10.0. The minimum Gasteiger partial charge on any atom is -0.491 e. The molecule has 1 aromatic carbocycles. The van der Waals surface area contributed by atoms with Crippen molar-refractivity contribution in [2.45, 2.75) is 20.0 Å². The van der Waals surface area contributed by atoms with Crippen molar-refractivity contribution in [3.8, 4) is 11.8 Å². The summed E-state index contributed by atoms with van der Waals surface area (Å²) in [5.41, 5.74) is 2.20. The van der Waals surface area contributed by atoms with E-state index < -0.39 is 0 Å². The van der Waals surface area contributed by atoms with E-state index in [4.69, 9.17) is 10.00 Å². The Bertz CT molecular complexity index is 642. The molecular weight excluding hydrogens is 238 g/mol. The molecule has 1 heterocycles. The third kappa shape index (κ3) is 2.76. The molecule has 4 nitrogen and oxygen atoms in total. The van der Waals surface area contributed by atoms with E-state index in [2.05, 4.69) is 11.1 Å². The van der Waals surface area contributed by atoms with Gasteiger partial charge < -0.3 is 9.64 Å². The van der Waals surface area contributed by atoms with Gasteiger partial charge in [0.25, 0.3) is 0 Å². The molecule has 0 aliphatic carbocycles. The first-order chi connectivity index (χ1) is 9.01. The summed E-state index contributed by atoms with van der Waals surface area (Å²) in [6.45, 7) is 3.99. The van der Waals surface area contributed by atoms with E-state index in [1.807, 2.05) is 51.0 Å². The van der Waals surface area contributed by atoms with E-state index in [1.54, 1.807) is 6.07 Å². The van der Waals surface area contributed by atoms with Crippen molar-refractivity contribution in [2.24, 2.45) is 0 Å². The molecule has 0 aliphatic rings. The second kappa shape index (κ2) is 5.15. The van der Waals surface area contributed by atoms with Gasteiger partial charge in [-0.15, -0.1) is 0 Å². The van der Waals surface area contributed by atoms with Crippen LogP contribution in [0.4, 0.5) is 5.69 Å². The second-order valence-corrected chi connectivity index (χ2v) is 4.88. The van der Waals surface area contributed by atoms with Crippen LogP contribution in [-0.2, 0) is 0 Å². The standard InChI is InChI=1S/C15H17N3O/c1-10(2)19-12-5-6-14-13(8-12)15(18(3)4)7-11(9-16)17-14/h5-8,10H,1-4H3. The molecule has 0 amide bonds. The van der Waals surface area contributed by atoms with Crippen LogP contribution in [0.5, 0.6) is 5.75 Å². The molecule has 0 atom stereocenters. The number of nitrogens with zero attached hydrogens (tertiary/aromatic N) is 3. The Morgan fingerprint density at radius 2 is 2.00 bits per heavy atom. The molecule has 1 aromatic heterocycles. The van der Waals surface area contributed by atoms with E-state index in [0.717, 1.165) is 22.3 Å². The summed E-state index contributed by atoms with van der Waals surface area (Å²) in [4.78, 5) is 6.29. The fourth-order valence-corrected chi connectivity index (χ4v) is 1.96. The first-order valence-corrected chi connectivity index (χ1v) is 6.20. The van der Waals surface area contributed by atoms with Crippen molar-refractivity contribution in [2.75, 3.05) is 19.0 Å². The van der Waals surface area contributed by atoms with Crippen molar-refractivity contribution in [3.05, 3.63) is 30.0 Å². The molecule has 0 aliphatic heterocycles. The number of fused-ring (bicyclic) bond motifs is 1. The highest BCUT2D eigenvalue weighted by atomic mass is 16.5. The van der Waals surface area contributed by atoms with Crippen LogP contribution < -0.4 is 9.64 Å². The lowest BCUT2D eigenvalue weighted by Crippen LogP contribution is -2.10. The normalized spacial score (nSPS) is 10.5. The summed E-state index contributed by atoms with van der Waals surface area (Å²) in [6.07, 6.45) is 0.131. The summed E-state index contributed by atoms with van der Waals surface area (Å²) in [7, 11) is 3.90. The van der Waals surface area contributed by atoms with E-state index >= 15 is 0 Å². The first kappa shape index (κ1) is 13.2. The van der Waals surface area contributed by atoms with Gasteiger partial charge in [0.05, 0.1) is 11.6 Å². The monoisotopic (exact) mass is 255 g/mol. The predicted octanol–water partition coefficient (Wildman–Crippen LogP) is 2.96. The molecule has 0 saturated carbocycles. The molecule has 0 bridgehead atoms. The zero-order valence-corrected chi connectivity index (χ0v) is 11.6. The Morgan fingerprint density at radius 1 is 1.26 bits per heavy atom. The smallest absolute Gasteiger partial charge is 0.143 e. The van der Waals surface area contributed by atoms with E-state index in [1.165, 1.54) is 0 Å². The number of rotatable bonds is 3. The number of pyridine rings is 1. The van der Waals surface area contributed by atoms with Gasteiger partial charge in [0.15, 0.2) is 0 Å². The molecule has 4 heteroatoms. The highest BCUT2D eigenvalue weighted by Crippen LogP contribution is 2.29. The molecule has 19 heavy (non-hydrogen) atoms. The number of aromatic nitrogens is 1. The molecule has 0 fully saturated rings. The van der Waals surface area contributed by atoms with Crippen molar-refractivity contribution < 1.29 is 4.74 Å². The first-order valence-electron chi connectivity index (χ1n) is 6.20. The van der Waals surface area contributed by atoms with Crippen molar-refractivity contribution >= 4 is 16.6 Å². The van der Waals surface area contributed by atoms with Crippen LogP contribution in [0.3, 0.4) is 0 Å². The summed E-state index contributed by atoms with van der Waals surface area (Å²) < 4.78 is 5.70. The third-order valence-corrected chi connectivity index (χ3v) is 2.73. The molecule has 0 spiro atoms. The molecule has 98 valence electrons. The van der Waals surface area contributed by atoms with Gasteiger partial charge >= 0.3 is 0 Å². The molecule has 0 unspecified atom stereocenters. The van der Waals surface area contributed by atoms with E-state index in [9.17, 15) is 0 Å². The van der Waals surface area contributed by atoms with Gasteiger partial charge in [0.1, 0.15) is 17.5 Å². The third-order valence-electron chi connectivity index (χ3n) is 2.73. The van der Waals surface area contributed by atoms with Crippen molar-refractivity contribution in [3.63, 3.8) is 0 Å². The average Bonchev–Trinajstić information content (AvgIpc) is 2.36. The minimum absolute atomic E-state index is 0.131. The number of ether oxygens (including phenoxy) is 1. The lowest BCUT2D eigenvalue weighted by Gasteiger charge is -2.17. The van der Waals surface area contributed by atoms with Gasteiger partial charge in [-0.25, -0.2) is 4.98 Å². The molecule has 2 rings (SSSR count). The Labute approximate surface area is 113 Å². The second-order valence-electron chi connectivity index (χ2n) is 4.88. The van der Waals surface area contributed by atoms with Gasteiger partial charge in [-0.3, -0.25) is 0 Å². The number of benzene rings is 1. The fraction of sp³-hybridized carbons (Fsp3) is 0.333. The van der Waals surface area contributed by atoms with Crippen molar-refractivity contribution in [1.29, 1.82) is 5.26 Å². The molecule has 2 aromatic rings. The van der Waals surface area contributed by atoms with Crippen LogP contribution in [0, 0.1) is 11.3 Å². The van der Waals surface area contributed by atoms with Gasteiger partial charge in [-0.2, -0.15) is 5.26 Å².